The van der Waals surface area contributed by atoms with Crippen molar-refractivity contribution in [3.63, 3.8) is 0 Å². The zero-order valence-corrected chi connectivity index (χ0v) is 19.7. The number of hydrogen-bond donors (Lipinski definition) is 1. The molecule has 0 saturated carbocycles. The van der Waals surface area contributed by atoms with Crippen LogP contribution in [0.25, 0.3) is 5.65 Å². The number of aromatic nitrogens is 3. The van der Waals surface area contributed by atoms with Gasteiger partial charge in [0.1, 0.15) is 6.33 Å². The number of carboxylic acids is 1. The molecule has 0 atom stereocenters. The molecule has 4 heterocycles. The molecule has 10 nitrogen and oxygen atoms in total. The first-order valence-corrected chi connectivity index (χ1v) is 11.3. The maximum absolute atomic E-state index is 13.1. The first-order chi connectivity index (χ1) is 16.5. The molecule has 0 bridgehead atoms. The average Bonchev–Trinajstić information content (AvgIpc) is 3.13. The molecular weight excluding hydrogens is 469 g/mol. The lowest BCUT2D eigenvalue weighted by molar-refractivity contribution is -0.192. The van der Waals surface area contributed by atoms with Crippen LogP contribution in [0.15, 0.2) is 18.6 Å². The number of imidazole rings is 1. The summed E-state index contributed by atoms with van der Waals surface area (Å²) in [5.41, 5.74) is 2.19. The number of rotatable bonds is 2. The number of carbonyl (C=O) groups is 3. The number of carboxylic acid groups (broad SMARTS) is 1. The van der Waals surface area contributed by atoms with Crippen molar-refractivity contribution >= 4 is 23.4 Å². The molecule has 4 rings (SSSR count). The summed E-state index contributed by atoms with van der Waals surface area (Å²) in [4.78, 5) is 48.5. The van der Waals surface area contributed by atoms with Gasteiger partial charge >= 0.3 is 12.1 Å². The van der Waals surface area contributed by atoms with Crippen LogP contribution in [0.4, 0.5) is 13.2 Å². The van der Waals surface area contributed by atoms with Crippen LogP contribution in [0.3, 0.4) is 0 Å². The van der Waals surface area contributed by atoms with Crippen LogP contribution in [-0.2, 0) is 9.59 Å². The first-order valence-electron chi connectivity index (χ1n) is 11.3. The number of alkyl halides is 3. The Bertz CT molecular complexity index is 1070. The van der Waals surface area contributed by atoms with Gasteiger partial charge in [-0.3, -0.25) is 14.0 Å². The second kappa shape index (κ2) is 11.0. The third-order valence-electron chi connectivity index (χ3n) is 6.27. The van der Waals surface area contributed by atoms with Crippen molar-refractivity contribution in [1.82, 2.24) is 29.1 Å². The predicted octanol–water partition coefficient (Wildman–Crippen LogP) is 1.87. The molecule has 2 aromatic rings. The number of hydrogen-bond acceptors (Lipinski definition) is 6. The summed E-state index contributed by atoms with van der Waals surface area (Å²) in [5, 5.41) is 7.12. The number of likely N-dealkylation sites (N-methyl/N-ethyl adjacent to an activating group) is 1. The molecule has 0 unspecified atom stereocenters. The SMILES string of the molecule is CC(=O)N1CCC(c2ccnc3c(C(=O)N4CCCN(C)CC4)ncn23)CC1.O=C(O)C(F)(F)F. The predicted molar refractivity (Wildman–Crippen MR) is 119 cm³/mol. The smallest absolute Gasteiger partial charge is 0.475 e. The Hall–Kier alpha value is -3.22. The minimum atomic E-state index is -5.08. The summed E-state index contributed by atoms with van der Waals surface area (Å²) in [5.74, 6) is -2.32. The monoisotopic (exact) mass is 498 g/mol. The number of likely N-dealkylation sites (tertiary alicyclic amines) is 1. The fourth-order valence-electron chi connectivity index (χ4n) is 4.29. The highest BCUT2D eigenvalue weighted by atomic mass is 19.4. The first kappa shape index (κ1) is 26.4. The van der Waals surface area contributed by atoms with Gasteiger partial charge in [-0.2, -0.15) is 13.2 Å². The highest BCUT2D eigenvalue weighted by molar-refractivity contribution is 5.98. The summed E-state index contributed by atoms with van der Waals surface area (Å²) in [6.45, 7) is 6.53. The van der Waals surface area contributed by atoms with Crippen LogP contribution in [0.1, 0.15) is 48.3 Å². The Labute approximate surface area is 200 Å². The topological polar surface area (TPSA) is 111 Å². The molecule has 2 aromatic heterocycles. The van der Waals surface area contributed by atoms with Crippen LogP contribution >= 0.6 is 0 Å². The zero-order valence-electron chi connectivity index (χ0n) is 19.7. The van der Waals surface area contributed by atoms with Gasteiger partial charge in [-0.15, -0.1) is 0 Å². The summed E-state index contributed by atoms with van der Waals surface area (Å²) < 4.78 is 33.7. The van der Waals surface area contributed by atoms with Crippen molar-refractivity contribution < 1.29 is 32.7 Å². The van der Waals surface area contributed by atoms with E-state index in [2.05, 4.69) is 21.9 Å². The molecule has 192 valence electrons. The van der Waals surface area contributed by atoms with E-state index >= 15 is 0 Å². The molecule has 0 aromatic carbocycles. The van der Waals surface area contributed by atoms with E-state index < -0.39 is 12.1 Å². The van der Waals surface area contributed by atoms with Crippen LogP contribution in [0.5, 0.6) is 0 Å². The summed E-state index contributed by atoms with van der Waals surface area (Å²) in [6, 6.07) is 2.01. The Balaban J connectivity index is 0.000000429. The molecule has 2 saturated heterocycles. The molecule has 2 aliphatic rings. The van der Waals surface area contributed by atoms with Gasteiger partial charge in [-0.25, -0.2) is 14.8 Å². The Morgan fingerprint density at radius 3 is 2.26 bits per heavy atom. The van der Waals surface area contributed by atoms with E-state index in [1.165, 1.54) is 0 Å². The van der Waals surface area contributed by atoms with Crippen molar-refractivity contribution in [2.24, 2.45) is 0 Å². The lowest BCUT2D eigenvalue weighted by Crippen LogP contribution is -2.36. The third kappa shape index (κ3) is 6.47. The molecule has 0 radical (unpaired) electrons. The average molecular weight is 499 g/mol. The number of amides is 2. The van der Waals surface area contributed by atoms with Gasteiger partial charge in [-0.1, -0.05) is 0 Å². The number of fused-ring (bicyclic) bond motifs is 1. The fourth-order valence-corrected chi connectivity index (χ4v) is 4.29. The molecule has 0 spiro atoms. The number of carbonyl (C=O) groups excluding carboxylic acids is 2. The van der Waals surface area contributed by atoms with E-state index in [0.717, 1.165) is 64.2 Å². The molecule has 2 fully saturated rings. The van der Waals surface area contributed by atoms with Crippen molar-refractivity contribution in [3.8, 4) is 0 Å². The van der Waals surface area contributed by atoms with Gasteiger partial charge in [0.15, 0.2) is 11.3 Å². The molecule has 2 amide bonds. The Morgan fingerprint density at radius 2 is 1.66 bits per heavy atom. The Morgan fingerprint density at radius 1 is 1.00 bits per heavy atom. The van der Waals surface area contributed by atoms with Gasteiger partial charge in [0.2, 0.25) is 5.91 Å². The van der Waals surface area contributed by atoms with Gasteiger partial charge in [0.25, 0.3) is 5.91 Å². The van der Waals surface area contributed by atoms with Crippen LogP contribution < -0.4 is 0 Å². The van der Waals surface area contributed by atoms with E-state index in [9.17, 15) is 22.8 Å². The minimum Gasteiger partial charge on any atom is -0.475 e. The molecule has 0 aliphatic carbocycles. The third-order valence-corrected chi connectivity index (χ3v) is 6.27. The number of halogens is 3. The molecule has 2 aliphatic heterocycles. The fraction of sp³-hybridized carbons (Fsp3) is 0.591. The lowest BCUT2D eigenvalue weighted by Gasteiger charge is -2.31. The van der Waals surface area contributed by atoms with Gasteiger partial charge in [0, 0.05) is 57.5 Å². The van der Waals surface area contributed by atoms with Crippen LogP contribution in [0.2, 0.25) is 0 Å². The second-order valence-corrected chi connectivity index (χ2v) is 8.69. The van der Waals surface area contributed by atoms with E-state index in [1.54, 1.807) is 19.4 Å². The standard InChI is InChI=1S/C20H28N6O2.C2HF3O2/c1-15(27)24-10-5-16(6-11-24)17-4-7-21-19-18(22-14-26(17)19)20(28)25-9-3-8-23(2)12-13-25;3-2(4,5)1(6)7/h4,7,14,16H,3,5-6,8-13H2,1-2H3;(H,6,7). The largest absolute Gasteiger partial charge is 0.490 e. The normalized spacial score (nSPS) is 18.1. The number of nitrogens with zero attached hydrogens (tertiary/aromatic N) is 6. The minimum absolute atomic E-state index is 0.0335. The quantitative estimate of drug-likeness (QED) is 0.673. The summed E-state index contributed by atoms with van der Waals surface area (Å²) >= 11 is 0. The highest BCUT2D eigenvalue weighted by Gasteiger charge is 2.38. The molecular formula is C22H29F3N6O4. The van der Waals surface area contributed by atoms with E-state index in [0.29, 0.717) is 17.3 Å². The van der Waals surface area contributed by atoms with Gasteiger partial charge < -0.3 is 19.8 Å². The summed E-state index contributed by atoms with van der Waals surface area (Å²) in [6.07, 6.45) is 1.22. The number of aliphatic carboxylic acids is 1. The second-order valence-electron chi connectivity index (χ2n) is 8.69. The van der Waals surface area contributed by atoms with Crippen molar-refractivity contribution in [1.29, 1.82) is 0 Å². The maximum atomic E-state index is 13.1. The van der Waals surface area contributed by atoms with Crippen molar-refractivity contribution in [2.75, 3.05) is 46.3 Å². The maximum Gasteiger partial charge on any atom is 0.490 e. The Kier molecular flexibility index (Phi) is 8.30. The van der Waals surface area contributed by atoms with E-state index in [1.807, 2.05) is 20.3 Å². The van der Waals surface area contributed by atoms with Gasteiger partial charge in [-0.05, 0) is 38.9 Å². The van der Waals surface area contributed by atoms with Crippen molar-refractivity contribution in [2.45, 2.75) is 38.3 Å². The molecule has 35 heavy (non-hydrogen) atoms. The molecule has 1 N–H and O–H groups in total. The van der Waals surface area contributed by atoms with Crippen LogP contribution in [-0.4, -0.2) is 104 Å². The van der Waals surface area contributed by atoms with Gasteiger partial charge in [0.05, 0.1) is 0 Å². The number of piperidine rings is 1. The van der Waals surface area contributed by atoms with Crippen molar-refractivity contribution in [3.05, 3.63) is 30.0 Å². The summed E-state index contributed by atoms with van der Waals surface area (Å²) in [7, 11) is 2.09. The lowest BCUT2D eigenvalue weighted by atomic mass is 9.93. The highest BCUT2D eigenvalue weighted by Crippen LogP contribution is 2.29. The van der Waals surface area contributed by atoms with Crippen LogP contribution in [0, 0.1) is 0 Å². The van der Waals surface area contributed by atoms with E-state index in [4.69, 9.17) is 9.90 Å². The molecule has 13 heteroatoms. The zero-order chi connectivity index (χ0) is 25.8. The van der Waals surface area contributed by atoms with E-state index in [-0.39, 0.29) is 11.8 Å².